The maximum Gasteiger partial charge on any atom is 0.217 e. The number of carbonyl (C=O) groups excluding carboxylic acids is 1. The zero-order chi connectivity index (χ0) is 11.0. The fraction of sp³-hybridized carbons (Fsp3) is 0.900. The standard InChI is InChI=1S/C8H17N3O.C2H6/c1-8(12)9-7-11-5-3-10(2)4-6-11;1-2/h3-7H2,1-2H3,(H,9,12);1-2H3. The summed E-state index contributed by atoms with van der Waals surface area (Å²) in [5.74, 6) is 0.0499. The smallest absolute Gasteiger partial charge is 0.217 e. The van der Waals surface area contributed by atoms with Crippen LogP contribution in [0.3, 0.4) is 0 Å². The van der Waals surface area contributed by atoms with Gasteiger partial charge in [0.25, 0.3) is 0 Å². The van der Waals surface area contributed by atoms with Crippen LogP contribution in [-0.4, -0.2) is 55.6 Å². The highest BCUT2D eigenvalue weighted by atomic mass is 16.1. The van der Waals surface area contributed by atoms with E-state index in [1.165, 1.54) is 0 Å². The molecular formula is C10H23N3O. The van der Waals surface area contributed by atoms with Gasteiger partial charge in [-0.3, -0.25) is 9.69 Å². The Kier molecular flexibility index (Phi) is 7.42. The Balaban J connectivity index is 0.000000791. The summed E-state index contributed by atoms with van der Waals surface area (Å²) >= 11 is 0. The van der Waals surface area contributed by atoms with Gasteiger partial charge >= 0.3 is 0 Å². The average molecular weight is 201 g/mol. The molecule has 1 fully saturated rings. The SMILES string of the molecule is CC.CC(=O)NCN1CCN(C)CC1. The highest BCUT2D eigenvalue weighted by molar-refractivity contribution is 5.72. The minimum absolute atomic E-state index is 0.0499. The van der Waals surface area contributed by atoms with Crippen molar-refractivity contribution in [3.8, 4) is 0 Å². The second-order valence-electron chi connectivity index (χ2n) is 3.31. The van der Waals surface area contributed by atoms with Gasteiger partial charge < -0.3 is 10.2 Å². The summed E-state index contributed by atoms with van der Waals surface area (Å²) in [6.45, 7) is 10.5. The van der Waals surface area contributed by atoms with Crippen LogP contribution < -0.4 is 5.32 Å². The molecule has 0 aromatic rings. The van der Waals surface area contributed by atoms with Gasteiger partial charge in [-0.2, -0.15) is 0 Å². The Labute approximate surface area is 87.3 Å². The summed E-state index contributed by atoms with van der Waals surface area (Å²) in [5.41, 5.74) is 0. The third kappa shape index (κ3) is 5.94. The van der Waals surface area contributed by atoms with Crippen molar-refractivity contribution in [3.05, 3.63) is 0 Å². The van der Waals surface area contributed by atoms with Gasteiger partial charge in [0.2, 0.25) is 5.91 Å². The van der Waals surface area contributed by atoms with Crippen LogP contribution in [0.25, 0.3) is 0 Å². The van der Waals surface area contributed by atoms with Crippen molar-refractivity contribution in [2.45, 2.75) is 20.8 Å². The fourth-order valence-electron chi connectivity index (χ4n) is 1.23. The quantitative estimate of drug-likeness (QED) is 0.700. The first-order valence-corrected chi connectivity index (χ1v) is 5.34. The molecule has 0 spiro atoms. The van der Waals surface area contributed by atoms with Gasteiger partial charge in [0.15, 0.2) is 0 Å². The van der Waals surface area contributed by atoms with Gasteiger partial charge in [-0.25, -0.2) is 0 Å². The molecule has 1 rings (SSSR count). The van der Waals surface area contributed by atoms with E-state index in [-0.39, 0.29) is 5.91 Å². The summed E-state index contributed by atoms with van der Waals surface area (Å²) in [6, 6.07) is 0. The molecule has 1 aliphatic rings. The number of amides is 1. The lowest BCUT2D eigenvalue weighted by atomic mass is 10.3. The average Bonchev–Trinajstić information content (AvgIpc) is 2.20. The van der Waals surface area contributed by atoms with E-state index >= 15 is 0 Å². The lowest BCUT2D eigenvalue weighted by Crippen LogP contribution is -2.48. The first-order valence-electron chi connectivity index (χ1n) is 5.34. The number of hydrogen-bond acceptors (Lipinski definition) is 3. The number of likely N-dealkylation sites (N-methyl/N-ethyl adjacent to an activating group) is 1. The number of nitrogens with zero attached hydrogens (tertiary/aromatic N) is 2. The fourth-order valence-corrected chi connectivity index (χ4v) is 1.23. The summed E-state index contributed by atoms with van der Waals surface area (Å²) in [5, 5.41) is 2.80. The van der Waals surface area contributed by atoms with E-state index in [0.717, 1.165) is 26.2 Å². The molecule has 0 atom stereocenters. The molecular weight excluding hydrogens is 178 g/mol. The van der Waals surface area contributed by atoms with E-state index in [9.17, 15) is 4.79 Å². The van der Waals surface area contributed by atoms with Crippen molar-refractivity contribution in [3.63, 3.8) is 0 Å². The van der Waals surface area contributed by atoms with Crippen LogP contribution in [-0.2, 0) is 4.79 Å². The zero-order valence-electron chi connectivity index (χ0n) is 9.84. The molecule has 1 N–H and O–H groups in total. The van der Waals surface area contributed by atoms with Crippen LogP contribution >= 0.6 is 0 Å². The molecule has 84 valence electrons. The Morgan fingerprint density at radius 1 is 1.21 bits per heavy atom. The van der Waals surface area contributed by atoms with Crippen LogP contribution in [0, 0.1) is 0 Å². The van der Waals surface area contributed by atoms with Crippen molar-refractivity contribution in [1.29, 1.82) is 0 Å². The molecule has 0 aromatic carbocycles. The monoisotopic (exact) mass is 201 g/mol. The van der Waals surface area contributed by atoms with Gasteiger partial charge in [-0.1, -0.05) is 13.8 Å². The predicted octanol–water partition coefficient (Wildman–Crippen LogP) is 0.354. The highest BCUT2D eigenvalue weighted by Crippen LogP contribution is 1.96. The second kappa shape index (κ2) is 7.76. The minimum atomic E-state index is 0.0499. The molecule has 0 unspecified atom stereocenters. The summed E-state index contributed by atoms with van der Waals surface area (Å²) in [6.07, 6.45) is 0. The van der Waals surface area contributed by atoms with Gasteiger partial charge in [0, 0.05) is 33.1 Å². The van der Waals surface area contributed by atoms with E-state index < -0.39 is 0 Å². The molecule has 4 nitrogen and oxygen atoms in total. The maximum atomic E-state index is 10.6. The Hall–Kier alpha value is -0.610. The van der Waals surface area contributed by atoms with Crippen LogP contribution in [0.2, 0.25) is 0 Å². The molecule has 0 aromatic heterocycles. The van der Waals surface area contributed by atoms with Gasteiger partial charge in [-0.05, 0) is 7.05 Å². The lowest BCUT2D eigenvalue weighted by Gasteiger charge is -2.32. The van der Waals surface area contributed by atoms with E-state index in [2.05, 4.69) is 22.2 Å². The molecule has 0 saturated carbocycles. The third-order valence-electron chi connectivity index (χ3n) is 2.15. The molecule has 14 heavy (non-hydrogen) atoms. The molecule has 0 bridgehead atoms. The topological polar surface area (TPSA) is 35.6 Å². The van der Waals surface area contributed by atoms with E-state index in [1.54, 1.807) is 6.92 Å². The zero-order valence-corrected chi connectivity index (χ0v) is 9.84. The number of carbonyl (C=O) groups is 1. The highest BCUT2D eigenvalue weighted by Gasteiger charge is 2.12. The normalized spacial score (nSPS) is 18.3. The van der Waals surface area contributed by atoms with Gasteiger partial charge in [0.05, 0.1) is 6.67 Å². The largest absolute Gasteiger partial charge is 0.344 e. The van der Waals surface area contributed by atoms with Crippen molar-refractivity contribution in [2.24, 2.45) is 0 Å². The molecule has 1 saturated heterocycles. The predicted molar refractivity (Wildman–Crippen MR) is 59.1 cm³/mol. The summed E-state index contributed by atoms with van der Waals surface area (Å²) in [4.78, 5) is 15.1. The first kappa shape index (κ1) is 13.4. The number of hydrogen-bond donors (Lipinski definition) is 1. The molecule has 4 heteroatoms. The molecule has 0 aliphatic carbocycles. The molecule has 1 aliphatic heterocycles. The van der Waals surface area contributed by atoms with Gasteiger partial charge in [0.1, 0.15) is 0 Å². The molecule has 1 heterocycles. The Bertz CT molecular complexity index is 153. The maximum absolute atomic E-state index is 10.6. The van der Waals surface area contributed by atoms with E-state index in [1.807, 2.05) is 13.8 Å². The van der Waals surface area contributed by atoms with Crippen LogP contribution in [0.4, 0.5) is 0 Å². The third-order valence-corrected chi connectivity index (χ3v) is 2.15. The van der Waals surface area contributed by atoms with E-state index in [0.29, 0.717) is 6.67 Å². The Morgan fingerprint density at radius 3 is 2.14 bits per heavy atom. The minimum Gasteiger partial charge on any atom is -0.344 e. The molecule has 0 radical (unpaired) electrons. The number of nitrogens with one attached hydrogen (secondary N) is 1. The second-order valence-corrected chi connectivity index (χ2v) is 3.31. The summed E-state index contributed by atoms with van der Waals surface area (Å²) < 4.78 is 0. The van der Waals surface area contributed by atoms with Crippen LogP contribution in [0.15, 0.2) is 0 Å². The lowest BCUT2D eigenvalue weighted by molar-refractivity contribution is -0.119. The molecule has 1 amide bonds. The van der Waals surface area contributed by atoms with Gasteiger partial charge in [-0.15, -0.1) is 0 Å². The van der Waals surface area contributed by atoms with Crippen molar-refractivity contribution >= 4 is 5.91 Å². The van der Waals surface area contributed by atoms with Crippen molar-refractivity contribution < 1.29 is 4.79 Å². The van der Waals surface area contributed by atoms with E-state index in [4.69, 9.17) is 0 Å². The Morgan fingerprint density at radius 2 is 1.71 bits per heavy atom. The first-order chi connectivity index (χ1) is 6.68. The number of rotatable bonds is 2. The van der Waals surface area contributed by atoms with Crippen LogP contribution in [0.5, 0.6) is 0 Å². The van der Waals surface area contributed by atoms with Crippen molar-refractivity contribution in [1.82, 2.24) is 15.1 Å². The number of piperazine rings is 1. The van der Waals surface area contributed by atoms with Crippen molar-refractivity contribution in [2.75, 3.05) is 39.9 Å². The summed E-state index contributed by atoms with van der Waals surface area (Å²) in [7, 11) is 2.12. The van der Waals surface area contributed by atoms with Crippen LogP contribution in [0.1, 0.15) is 20.8 Å².